The Balaban J connectivity index is 1.74. The summed E-state index contributed by atoms with van der Waals surface area (Å²) in [5.74, 6) is -4.95. The Morgan fingerprint density at radius 1 is 0.667 bits per heavy atom. The minimum atomic E-state index is -0.633. The van der Waals surface area contributed by atoms with Gasteiger partial charge in [0, 0.05) is 11.8 Å². The molecule has 3 fully saturated rings. The quantitative estimate of drug-likeness (QED) is 0.453. The largest absolute Gasteiger partial charge is 0.395 e. The third kappa shape index (κ3) is 1.70. The van der Waals surface area contributed by atoms with Crippen LogP contribution >= 0.6 is 0 Å². The SMILES string of the molecule is O=C1C2C3C=CC([C@@H]2C(=O)N1CCO)[C@H]1C(=O)N(CCO)C(=O)C31. The Morgan fingerprint density at radius 3 is 1.21 bits per heavy atom. The number of carbonyl (C=O) groups is 4. The maximum atomic E-state index is 12.6. The second-order valence-corrected chi connectivity index (χ2v) is 6.75. The summed E-state index contributed by atoms with van der Waals surface area (Å²) in [6.45, 7) is -0.737. The molecule has 3 aliphatic carbocycles. The maximum absolute atomic E-state index is 12.6. The van der Waals surface area contributed by atoms with E-state index in [1.54, 1.807) is 12.2 Å². The monoisotopic (exact) mass is 334 g/mol. The van der Waals surface area contributed by atoms with Crippen LogP contribution in [0.1, 0.15) is 0 Å². The fourth-order valence-electron chi connectivity index (χ4n) is 4.99. The van der Waals surface area contributed by atoms with Crippen molar-refractivity contribution in [2.24, 2.45) is 35.5 Å². The highest BCUT2D eigenvalue weighted by molar-refractivity contribution is 6.10. The van der Waals surface area contributed by atoms with E-state index in [1.165, 1.54) is 0 Å². The van der Waals surface area contributed by atoms with Crippen LogP contribution in [0.3, 0.4) is 0 Å². The number of β-amino-alcohol motifs (C(OH)–C–C–N with tert-alkyl or cyclic N) is 2. The second-order valence-electron chi connectivity index (χ2n) is 6.75. The molecule has 6 atom stereocenters. The van der Waals surface area contributed by atoms with Gasteiger partial charge in [0.1, 0.15) is 0 Å². The van der Waals surface area contributed by atoms with E-state index >= 15 is 0 Å². The molecule has 2 bridgehead atoms. The number of nitrogens with zero attached hydrogens (tertiary/aromatic N) is 2. The molecule has 4 unspecified atom stereocenters. The normalized spacial score (nSPS) is 39.9. The number of allylic oxidation sites excluding steroid dienone is 2. The van der Waals surface area contributed by atoms with Crippen molar-refractivity contribution in [2.75, 3.05) is 26.3 Å². The summed E-state index contributed by atoms with van der Waals surface area (Å²) >= 11 is 0. The van der Waals surface area contributed by atoms with E-state index in [4.69, 9.17) is 10.2 Å². The second kappa shape index (κ2) is 5.22. The molecule has 24 heavy (non-hydrogen) atoms. The zero-order valence-corrected chi connectivity index (χ0v) is 12.9. The van der Waals surface area contributed by atoms with Gasteiger partial charge >= 0.3 is 0 Å². The van der Waals surface area contributed by atoms with Crippen molar-refractivity contribution in [1.29, 1.82) is 0 Å². The first-order valence-electron chi connectivity index (χ1n) is 8.13. The van der Waals surface area contributed by atoms with Crippen molar-refractivity contribution in [2.45, 2.75) is 0 Å². The van der Waals surface area contributed by atoms with Gasteiger partial charge in [0.25, 0.3) is 0 Å². The van der Waals surface area contributed by atoms with Crippen LogP contribution in [-0.4, -0.2) is 69.9 Å². The molecule has 8 heteroatoms. The van der Waals surface area contributed by atoms with Crippen molar-refractivity contribution in [3.05, 3.63) is 12.2 Å². The molecule has 4 amide bonds. The van der Waals surface area contributed by atoms with E-state index in [0.717, 1.165) is 9.80 Å². The van der Waals surface area contributed by atoms with E-state index in [2.05, 4.69) is 0 Å². The number of imide groups is 2. The highest BCUT2D eigenvalue weighted by Crippen LogP contribution is 2.57. The van der Waals surface area contributed by atoms with Gasteiger partial charge in [-0.05, 0) is 0 Å². The highest BCUT2D eigenvalue weighted by Gasteiger charge is 2.68. The number of aliphatic hydroxyl groups excluding tert-OH is 2. The lowest BCUT2D eigenvalue weighted by molar-refractivity contribution is -0.140. The molecule has 0 aromatic heterocycles. The van der Waals surface area contributed by atoms with Crippen LogP contribution in [-0.2, 0) is 19.2 Å². The predicted octanol–water partition coefficient (Wildman–Crippen LogP) is -2.01. The van der Waals surface area contributed by atoms with Crippen molar-refractivity contribution < 1.29 is 29.4 Å². The summed E-state index contributed by atoms with van der Waals surface area (Å²) < 4.78 is 0. The van der Waals surface area contributed by atoms with E-state index in [0.29, 0.717) is 0 Å². The Kier molecular flexibility index (Phi) is 3.36. The van der Waals surface area contributed by atoms with Gasteiger partial charge in [-0.25, -0.2) is 0 Å². The van der Waals surface area contributed by atoms with Crippen LogP contribution in [0.4, 0.5) is 0 Å². The molecule has 2 heterocycles. The lowest BCUT2D eigenvalue weighted by Crippen LogP contribution is -2.50. The molecule has 0 aromatic carbocycles. The third-order valence-electron chi connectivity index (χ3n) is 5.84. The average Bonchev–Trinajstić information content (AvgIpc) is 2.99. The third-order valence-corrected chi connectivity index (χ3v) is 5.84. The van der Waals surface area contributed by atoms with Crippen molar-refractivity contribution >= 4 is 23.6 Å². The number of rotatable bonds is 4. The minimum absolute atomic E-state index is 0.0576. The molecule has 2 aliphatic heterocycles. The van der Waals surface area contributed by atoms with Gasteiger partial charge in [-0.2, -0.15) is 0 Å². The first-order chi connectivity index (χ1) is 11.5. The smallest absolute Gasteiger partial charge is 0.233 e. The molecule has 2 N–H and O–H groups in total. The number of carbonyl (C=O) groups excluding carboxylic acids is 4. The van der Waals surface area contributed by atoms with Crippen LogP contribution in [0.5, 0.6) is 0 Å². The number of hydrogen-bond acceptors (Lipinski definition) is 6. The fraction of sp³-hybridized carbons (Fsp3) is 0.625. The molecule has 128 valence electrons. The summed E-state index contributed by atoms with van der Waals surface area (Å²) in [4.78, 5) is 52.6. The molecule has 5 rings (SSSR count). The van der Waals surface area contributed by atoms with Gasteiger partial charge < -0.3 is 10.2 Å². The Hall–Kier alpha value is -2.06. The first-order valence-corrected chi connectivity index (χ1v) is 8.13. The maximum Gasteiger partial charge on any atom is 0.233 e. The molecular formula is C16H18N2O6. The van der Waals surface area contributed by atoms with Crippen molar-refractivity contribution in [3.8, 4) is 0 Å². The zero-order valence-electron chi connectivity index (χ0n) is 12.9. The van der Waals surface area contributed by atoms with Crippen LogP contribution in [0.15, 0.2) is 12.2 Å². The van der Waals surface area contributed by atoms with E-state index in [9.17, 15) is 19.2 Å². The van der Waals surface area contributed by atoms with Gasteiger partial charge in [-0.3, -0.25) is 29.0 Å². The lowest BCUT2D eigenvalue weighted by atomic mass is 9.54. The van der Waals surface area contributed by atoms with E-state index < -0.39 is 35.5 Å². The summed E-state index contributed by atoms with van der Waals surface area (Å²) in [7, 11) is 0. The van der Waals surface area contributed by atoms with Gasteiger partial charge in [-0.15, -0.1) is 0 Å². The highest BCUT2D eigenvalue weighted by atomic mass is 16.3. The molecule has 0 spiro atoms. The number of aliphatic hydroxyl groups is 2. The Labute approximate surface area is 137 Å². The number of hydrogen-bond donors (Lipinski definition) is 2. The molecule has 0 aromatic rings. The summed E-state index contributed by atoms with van der Waals surface area (Å²) in [6.07, 6.45) is 3.57. The van der Waals surface area contributed by atoms with Gasteiger partial charge in [0.2, 0.25) is 23.6 Å². The van der Waals surface area contributed by atoms with Crippen LogP contribution in [0.25, 0.3) is 0 Å². The molecule has 5 aliphatic rings. The van der Waals surface area contributed by atoms with Crippen LogP contribution < -0.4 is 0 Å². The Bertz CT molecular complexity index is 573. The summed E-state index contributed by atoms with van der Waals surface area (Å²) in [6, 6.07) is 0. The molecule has 0 radical (unpaired) electrons. The standard InChI is InChI=1S/C16H18N2O6/c19-5-3-17-13(21)9-7-1-2-8(11(9)15(17)23)12-10(7)14(22)18(4-6-20)16(12)24/h1-2,7-12,19-20H,3-6H2/t7?,8?,9-,10+,11?,12?. The minimum Gasteiger partial charge on any atom is -0.395 e. The zero-order chi connectivity index (χ0) is 17.2. The number of likely N-dealkylation sites (tertiary alicyclic amines) is 2. The Morgan fingerprint density at radius 2 is 0.958 bits per heavy atom. The van der Waals surface area contributed by atoms with E-state index in [1.807, 2.05) is 0 Å². The van der Waals surface area contributed by atoms with Crippen LogP contribution in [0.2, 0.25) is 0 Å². The average molecular weight is 334 g/mol. The topological polar surface area (TPSA) is 115 Å². The molecular weight excluding hydrogens is 316 g/mol. The van der Waals surface area contributed by atoms with Crippen molar-refractivity contribution in [1.82, 2.24) is 9.80 Å². The van der Waals surface area contributed by atoms with Gasteiger partial charge in [-0.1, -0.05) is 12.2 Å². The molecule has 8 nitrogen and oxygen atoms in total. The number of amides is 4. The molecule has 2 saturated heterocycles. The van der Waals surface area contributed by atoms with Crippen molar-refractivity contribution in [3.63, 3.8) is 0 Å². The van der Waals surface area contributed by atoms with E-state index in [-0.39, 0.29) is 49.9 Å². The fourth-order valence-corrected chi connectivity index (χ4v) is 4.99. The lowest BCUT2D eigenvalue weighted by Gasteiger charge is -2.44. The predicted molar refractivity (Wildman–Crippen MR) is 77.7 cm³/mol. The van der Waals surface area contributed by atoms with Gasteiger partial charge in [0.05, 0.1) is 50.0 Å². The van der Waals surface area contributed by atoms with Gasteiger partial charge in [0.15, 0.2) is 0 Å². The van der Waals surface area contributed by atoms with Crippen LogP contribution in [0, 0.1) is 35.5 Å². The molecule has 1 saturated carbocycles. The first kappa shape index (κ1) is 15.5. The summed E-state index contributed by atoms with van der Waals surface area (Å²) in [5, 5.41) is 18.2. The summed E-state index contributed by atoms with van der Waals surface area (Å²) in [5.41, 5.74) is 0.